The second-order valence-electron chi connectivity index (χ2n) is 5.76. The van der Waals surface area contributed by atoms with E-state index in [1.54, 1.807) is 23.1 Å². The number of anilines is 1. The fourth-order valence-electron chi connectivity index (χ4n) is 3.19. The van der Waals surface area contributed by atoms with Crippen LogP contribution in [0.5, 0.6) is 0 Å². The Hall–Kier alpha value is -1.26. The molecule has 1 aliphatic heterocycles. The Bertz CT molecular complexity index is 542. The van der Waals surface area contributed by atoms with E-state index < -0.39 is 0 Å². The summed E-state index contributed by atoms with van der Waals surface area (Å²) in [6.45, 7) is 1.56. The van der Waals surface area contributed by atoms with Gasteiger partial charge in [-0.3, -0.25) is 9.59 Å². The SMILES string of the molecule is O=CN1CC2(CC(C(=O)Nc3cc(Cl)cc(Cl)c3)C2)C1. The average Bonchev–Trinajstić information content (AvgIpc) is 2.23. The van der Waals surface area contributed by atoms with E-state index in [1.165, 1.54) is 0 Å². The lowest BCUT2D eigenvalue weighted by atomic mass is 9.57. The van der Waals surface area contributed by atoms with Crippen LogP contribution in [-0.4, -0.2) is 30.3 Å². The summed E-state index contributed by atoms with van der Waals surface area (Å²) in [6, 6.07) is 4.98. The quantitative estimate of drug-likeness (QED) is 0.872. The minimum Gasteiger partial charge on any atom is -0.344 e. The molecule has 1 saturated carbocycles. The summed E-state index contributed by atoms with van der Waals surface area (Å²) in [6.07, 6.45) is 2.56. The first kappa shape index (κ1) is 13.7. The standard InChI is InChI=1S/C14H14Cl2N2O2/c15-10-1-11(16)3-12(2-10)17-13(20)9-4-14(5-9)6-18(7-14)8-19/h1-3,8-9H,4-7H2,(H,17,20). The molecule has 3 rings (SSSR count). The number of carbonyl (C=O) groups excluding carboxylic acids is 2. The Balaban J connectivity index is 1.55. The highest BCUT2D eigenvalue weighted by Gasteiger charge is 2.54. The van der Waals surface area contributed by atoms with Gasteiger partial charge in [-0.05, 0) is 31.0 Å². The fraction of sp³-hybridized carbons (Fsp3) is 0.429. The Morgan fingerprint density at radius 3 is 2.40 bits per heavy atom. The molecule has 1 spiro atoms. The Kier molecular flexibility index (Phi) is 3.38. The lowest BCUT2D eigenvalue weighted by molar-refractivity contribution is -0.148. The predicted molar refractivity (Wildman–Crippen MR) is 77.9 cm³/mol. The highest BCUT2D eigenvalue weighted by atomic mass is 35.5. The molecule has 1 aromatic carbocycles. The summed E-state index contributed by atoms with van der Waals surface area (Å²) < 4.78 is 0. The Labute approximate surface area is 127 Å². The number of halogens is 2. The van der Waals surface area contributed by atoms with Gasteiger partial charge in [-0.15, -0.1) is 0 Å². The van der Waals surface area contributed by atoms with E-state index in [9.17, 15) is 9.59 Å². The van der Waals surface area contributed by atoms with Gasteiger partial charge in [-0.25, -0.2) is 0 Å². The van der Waals surface area contributed by atoms with E-state index in [0.717, 1.165) is 32.3 Å². The van der Waals surface area contributed by atoms with Crippen LogP contribution in [0.25, 0.3) is 0 Å². The van der Waals surface area contributed by atoms with Crippen molar-refractivity contribution in [3.8, 4) is 0 Å². The number of nitrogens with one attached hydrogen (secondary N) is 1. The van der Waals surface area contributed by atoms with Crippen LogP contribution in [0.2, 0.25) is 10.0 Å². The van der Waals surface area contributed by atoms with Crippen LogP contribution in [0.1, 0.15) is 12.8 Å². The molecule has 0 aromatic heterocycles. The van der Waals surface area contributed by atoms with Gasteiger partial charge in [-0.2, -0.15) is 0 Å². The lowest BCUT2D eigenvalue weighted by Crippen LogP contribution is -2.63. The van der Waals surface area contributed by atoms with Gasteiger partial charge in [-0.1, -0.05) is 23.2 Å². The molecule has 6 heteroatoms. The molecular weight excluding hydrogens is 299 g/mol. The van der Waals surface area contributed by atoms with E-state index in [-0.39, 0.29) is 17.2 Å². The van der Waals surface area contributed by atoms with Crippen LogP contribution >= 0.6 is 23.2 Å². The van der Waals surface area contributed by atoms with Gasteiger partial charge in [0.2, 0.25) is 12.3 Å². The van der Waals surface area contributed by atoms with Crippen molar-refractivity contribution in [2.24, 2.45) is 11.3 Å². The number of carbonyl (C=O) groups is 2. The second-order valence-corrected chi connectivity index (χ2v) is 6.64. The molecule has 2 aliphatic rings. The van der Waals surface area contributed by atoms with Crippen LogP contribution in [-0.2, 0) is 9.59 Å². The zero-order valence-electron chi connectivity index (χ0n) is 10.7. The van der Waals surface area contributed by atoms with Crippen LogP contribution < -0.4 is 5.32 Å². The predicted octanol–water partition coefficient (Wildman–Crippen LogP) is 2.80. The van der Waals surface area contributed by atoms with Gasteiger partial charge in [0.1, 0.15) is 0 Å². The number of amides is 2. The van der Waals surface area contributed by atoms with Gasteiger partial charge >= 0.3 is 0 Å². The van der Waals surface area contributed by atoms with Crippen molar-refractivity contribution in [2.45, 2.75) is 12.8 Å². The van der Waals surface area contributed by atoms with Gasteiger partial charge < -0.3 is 10.2 Å². The largest absolute Gasteiger partial charge is 0.344 e. The van der Waals surface area contributed by atoms with E-state index in [0.29, 0.717) is 15.7 Å². The van der Waals surface area contributed by atoms with Crippen LogP contribution in [0.4, 0.5) is 5.69 Å². The highest BCUT2D eigenvalue weighted by Crippen LogP contribution is 2.51. The minimum absolute atomic E-state index is 0.00138. The fourth-order valence-corrected chi connectivity index (χ4v) is 3.72. The van der Waals surface area contributed by atoms with Crippen molar-refractivity contribution >= 4 is 41.2 Å². The summed E-state index contributed by atoms with van der Waals surface area (Å²) in [5.41, 5.74) is 0.811. The summed E-state index contributed by atoms with van der Waals surface area (Å²) in [5.74, 6) is 0.0140. The summed E-state index contributed by atoms with van der Waals surface area (Å²) >= 11 is 11.8. The first-order valence-electron chi connectivity index (χ1n) is 6.46. The number of nitrogens with zero attached hydrogens (tertiary/aromatic N) is 1. The number of benzene rings is 1. The van der Waals surface area contributed by atoms with Crippen LogP contribution in [0.15, 0.2) is 18.2 Å². The van der Waals surface area contributed by atoms with E-state index >= 15 is 0 Å². The molecule has 1 saturated heterocycles. The summed E-state index contributed by atoms with van der Waals surface area (Å²) in [7, 11) is 0. The normalized spacial score (nSPS) is 20.2. The van der Waals surface area contributed by atoms with E-state index in [1.807, 2.05) is 0 Å². The number of hydrogen-bond acceptors (Lipinski definition) is 2. The zero-order chi connectivity index (χ0) is 14.3. The molecule has 0 atom stereocenters. The molecule has 1 N–H and O–H groups in total. The van der Waals surface area contributed by atoms with Crippen molar-refractivity contribution in [1.82, 2.24) is 4.90 Å². The second kappa shape index (κ2) is 4.93. The minimum atomic E-state index is -0.00138. The maximum atomic E-state index is 12.1. The molecule has 1 heterocycles. The van der Waals surface area contributed by atoms with Crippen molar-refractivity contribution < 1.29 is 9.59 Å². The molecule has 20 heavy (non-hydrogen) atoms. The van der Waals surface area contributed by atoms with Gasteiger partial charge in [0.25, 0.3) is 0 Å². The third-order valence-corrected chi connectivity index (χ3v) is 4.52. The maximum absolute atomic E-state index is 12.1. The number of hydrogen-bond donors (Lipinski definition) is 1. The third kappa shape index (κ3) is 2.50. The van der Waals surface area contributed by atoms with Crippen molar-refractivity contribution in [2.75, 3.05) is 18.4 Å². The molecule has 2 fully saturated rings. The van der Waals surface area contributed by atoms with Crippen molar-refractivity contribution in [3.05, 3.63) is 28.2 Å². The van der Waals surface area contributed by atoms with Crippen molar-refractivity contribution in [3.63, 3.8) is 0 Å². The van der Waals surface area contributed by atoms with Gasteiger partial charge in [0, 0.05) is 40.2 Å². The zero-order valence-corrected chi connectivity index (χ0v) is 12.2. The summed E-state index contributed by atoms with van der Waals surface area (Å²) in [5, 5.41) is 3.84. The third-order valence-electron chi connectivity index (χ3n) is 4.09. The first-order chi connectivity index (χ1) is 9.49. The number of likely N-dealkylation sites (tertiary alicyclic amines) is 1. The Morgan fingerprint density at radius 1 is 1.25 bits per heavy atom. The maximum Gasteiger partial charge on any atom is 0.227 e. The first-order valence-corrected chi connectivity index (χ1v) is 7.22. The molecule has 1 aliphatic carbocycles. The monoisotopic (exact) mass is 312 g/mol. The van der Waals surface area contributed by atoms with Crippen LogP contribution in [0.3, 0.4) is 0 Å². The molecule has 0 unspecified atom stereocenters. The topological polar surface area (TPSA) is 49.4 Å². The Morgan fingerprint density at radius 2 is 1.85 bits per heavy atom. The molecule has 4 nitrogen and oxygen atoms in total. The van der Waals surface area contributed by atoms with Crippen LogP contribution in [0, 0.1) is 11.3 Å². The molecule has 0 radical (unpaired) electrons. The highest BCUT2D eigenvalue weighted by molar-refractivity contribution is 6.35. The van der Waals surface area contributed by atoms with Crippen molar-refractivity contribution in [1.29, 1.82) is 0 Å². The average molecular weight is 313 g/mol. The van der Waals surface area contributed by atoms with E-state index in [2.05, 4.69) is 5.32 Å². The van der Waals surface area contributed by atoms with E-state index in [4.69, 9.17) is 23.2 Å². The molecule has 0 bridgehead atoms. The number of rotatable bonds is 3. The molecule has 106 valence electrons. The van der Waals surface area contributed by atoms with Gasteiger partial charge in [0.05, 0.1) is 0 Å². The van der Waals surface area contributed by atoms with Gasteiger partial charge in [0.15, 0.2) is 0 Å². The lowest BCUT2D eigenvalue weighted by Gasteiger charge is -2.57. The molecule has 1 aromatic rings. The molecular formula is C14H14Cl2N2O2. The summed E-state index contributed by atoms with van der Waals surface area (Å²) in [4.78, 5) is 24.4. The smallest absolute Gasteiger partial charge is 0.227 e. The molecule has 2 amide bonds.